The lowest BCUT2D eigenvalue weighted by Gasteiger charge is -2.37. The minimum Gasteiger partial charge on any atom is -0.383 e. The molecule has 0 aromatic heterocycles. The summed E-state index contributed by atoms with van der Waals surface area (Å²) in [5, 5.41) is 3.50. The summed E-state index contributed by atoms with van der Waals surface area (Å²) in [5.41, 5.74) is 0. The lowest BCUT2D eigenvalue weighted by atomic mass is 10.1. The van der Waals surface area contributed by atoms with Crippen molar-refractivity contribution < 1.29 is 4.74 Å². The van der Waals surface area contributed by atoms with Crippen LogP contribution in [0.3, 0.4) is 0 Å². The third-order valence-electron chi connectivity index (χ3n) is 3.48. The predicted octanol–water partition coefficient (Wildman–Crippen LogP) is 2.12. The number of ether oxygens (including phenoxy) is 1. The van der Waals surface area contributed by atoms with Crippen molar-refractivity contribution in [3.8, 4) is 0 Å². The summed E-state index contributed by atoms with van der Waals surface area (Å²) in [4.78, 5) is 2.54. The topological polar surface area (TPSA) is 24.5 Å². The molecule has 0 aliphatic heterocycles. The van der Waals surface area contributed by atoms with Crippen LogP contribution in [0.15, 0.2) is 0 Å². The molecule has 0 saturated carbocycles. The molecule has 3 atom stereocenters. The molecule has 0 aromatic carbocycles. The average Bonchev–Trinajstić information content (AvgIpc) is 2.29. The van der Waals surface area contributed by atoms with Crippen LogP contribution in [0, 0.1) is 0 Å². The van der Waals surface area contributed by atoms with Crippen molar-refractivity contribution in [1.82, 2.24) is 10.2 Å². The summed E-state index contributed by atoms with van der Waals surface area (Å²) in [7, 11) is 1.77. The van der Waals surface area contributed by atoms with E-state index in [2.05, 4.69) is 44.8 Å². The van der Waals surface area contributed by atoms with E-state index in [-0.39, 0.29) is 0 Å². The monoisotopic (exact) mass is 230 g/mol. The van der Waals surface area contributed by atoms with E-state index in [0.29, 0.717) is 18.1 Å². The van der Waals surface area contributed by atoms with Crippen LogP contribution < -0.4 is 5.32 Å². The molecule has 1 N–H and O–H groups in total. The van der Waals surface area contributed by atoms with Crippen molar-refractivity contribution >= 4 is 0 Å². The average molecular weight is 230 g/mol. The van der Waals surface area contributed by atoms with Gasteiger partial charge in [-0.1, -0.05) is 13.8 Å². The molecule has 3 nitrogen and oxygen atoms in total. The Hall–Kier alpha value is -0.120. The van der Waals surface area contributed by atoms with Gasteiger partial charge in [-0.05, 0) is 33.7 Å². The van der Waals surface area contributed by atoms with E-state index in [9.17, 15) is 0 Å². The van der Waals surface area contributed by atoms with Crippen molar-refractivity contribution in [2.75, 3.05) is 26.8 Å². The highest BCUT2D eigenvalue weighted by Gasteiger charge is 2.22. The minimum absolute atomic E-state index is 0.524. The largest absolute Gasteiger partial charge is 0.383 e. The summed E-state index contributed by atoms with van der Waals surface area (Å²) in [5.74, 6) is 0. The summed E-state index contributed by atoms with van der Waals surface area (Å²) >= 11 is 0. The van der Waals surface area contributed by atoms with E-state index in [0.717, 1.165) is 19.7 Å². The molecule has 16 heavy (non-hydrogen) atoms. The number of hydrogen-bond acceptors (Lipinski definition) is 3. The zero-order valence-corrected chi connectivity index (χ0v) is 11.9. The molecule has 0 radical (unpaired) electrons. The number of likely N-dealkylation sites (N-methyl/N-ethyl adjacent to an activating group) is 1. The molecule has 0 aliphatic carbocycles. The molecule has 0 aliphatic rings. The number of methoxy groups -OCH3 is 1. The van der Waals surface area contributed by atoms with Crippen LogP contribution in [0.2, 0.25) is 0 Å². The van der Waals surface area contributed by atoms with Crippen LogP contribution >= 0.6 is 0 Å². The van der Waals surface area contributed by atoms with E-state index < -0.39 is 0 Å². The fourth-order valence-electron chi connectivity index (χ4n) is 2.04. The Kier molecular flexibility index (Phi) is 8.90. The van der Waals surface area contributed by atoms with Crippen molar-refractivity contribution in [2.45, 2.75) is 59.2 Å². The van der Waals surface area contributed by atoms with Crippen molar-refractivity contribution in [2.24, 2.45) is 0 Å². The number of nitrogens with one attached hydrogen (secondary N) is 1. The highest BCUT2D eigenvalue weighted by Crippen LogP contribution is 2.11. The third-order valence-corrected chi connectivity index (χ3v) is 3.48. The van der Waals surface area contributed by atoms with E-state index in [1.165, 1.54) is 6.42 Å². The van der Waals surface area contributed by atoms with Gasteiger partial charge in [0.25, 0.3) is 0 Å². The summed E-state index contributed by atoms with van der Waals surface area (Å²) in [6, 6.07) is 1.69. The molecule has 98 valence electrons. The second-order valence-corrected chi connectivity index (χ2v) is 4.57. The van der Waals surface area contributed by atoms with E-state index in [4.69, 9.17) is 4.74 Å². The Balaban J connectivity index is 4.35. The first-order valence-corrected chi connectivity index (χ1v) is 6.56. The number of hydrogen-bond donors (Lipinski definition) is 1. The van der Waals surface area contributed by atoms with Gasteiger partial charge >= 0.3 is 0 Å². The van der Waals surface area contributed by atoms with Gasteiger partial charge in [0, 0.05) is 31.8 Å². The third kappa shape index (κ3) is 5.28. The van der Waals surface area contributed by atoms with E-state index in [1.807, 2.05) is 0 Å². The fourth-order valence-corrected chi connectivity index (χ4v) is 2.04. The summed E-state index contributed by atoms with van der Waals surface area (Å²) in [6.45, 7) is 14.1. The Bertz CT molecular complexity index is 164. The molecule has 0 amide bonds. The summed E-state index contributed by atoms with van der Waals surface area (Å²) < 4.78 is 5.19. The maximum Gasteiger partial charge on any atom is 0.0589 e. The smallest absolute Gasteiger partial charge is 0.0589 e. The van der Waals surface area contributed by atoms with Gasteiger partial charge in [0.15, 0.2) is 0 Å². The highest BCUT2D eigenvalue weighted by molar-refractivity contribution is 4.80. The van der Waals surface area contributed by atoms with Gasteiger partial charge in [-0.3, -0.25) is 4.90 Å². The maximum atomic E-state index is 5.19. The molecule has 0 fully saturated rings. The molecule has 3 heteroatoms. The van der Waals surface area contributed by atoms with Gasteiger partial charge in [-0.15, -0.1) is 0 Å². The van der Waals surface area contributed by atoms with Crippen LogP contribution in [0.5, 0.6) is 0 Å². The van der Waals surface area contributed by atoms with E-state index in [1.54, 1.807) is 7.11 Å². The number of rotatable bonds is 9. The van der Waals surface area contributed by atoms with Gasteiger partial charge < -0.3 is 10.1 Å². The molecule has 0 aromatic rings. The van der Waals surface area contributed by atoms with E-state index >= 15 is 0 Å². The minimum atomic E-state index is 0.524. The lowest BCUT2D eigenvalue weighted by molar-refractivity contribution is 0.0809. The SMILES string of the molecule is CCNC(C)C(C)N(CCOC)C(C)CC. The van der Waals surface area contributed by atoms with Gasteiger partial charge in [0.1, 0.15) is 0 Å². The molecule has 0 rings (SSSR count). The first kappa shape index (κ1) is 15.9. The van der Waals surface area contributed by atoms with Crippen LogP contribution in [0.1, 0.15) is 41.0 Å². The molecular weight excluding hydrogens is 200 g/mol. The highest BCUT2D eigenvalue weighted by atomic mass is 16.5. The van der Waals surface area contributed by atoms with Gasteiger partial charge in [-0.2, -0.15) is 0 Å². The zero-order valence-electron chi connectivity index (χ0n) is 11.9. The van der Waals surface area contributed by atoms with Gasteiger partial charge in [-0.25, -0.2) is 0 Å². The fraction of sp³-hybridized carbons (Fsp3) is 1.00. The van der Waals surface area contributed by atoms with Crippen molar-refractivity contribution in [3.63, 3.8) is 0 Å². The Labute approximate surface area is 102 Å². The Morgan fingerprint density at radius 2 is 1.81 bits per heavy atom. The normalized spacial score (nSPS) is 17.4. The number of nitrogens with zero attached hydrogens (tertiary/aromatic N) is 1. The Morgan fingerprint density at radius 1 is 1.19 bits per heavy atom. The van der Waals surface area contributed by atoms with Gasteiger partial charge in [0.2, 0.25) is 0 Å². The standard InChI is InChI=1S/C13H30N2O/c1-7-11(3)15(9-10-16-6)13(5)12(4)14-8-2/h11-14H,7-10H2,1-6H3. The molecule has 3 unspecified atom stereocenters. The second-order valence-electron chi connectivity index (χ2n) is 4.57. The molecular formula is C13H30N2O. The van der Waals surface area contributed by atoms with Crippen LogP contribution in [0.4, 0.5) is 0 Å². The Morgan fingerprint density at radius 3 is 2.25 bits per heavy atom. The van der Waals surface area contributed by atoms with Crippen LogP contribution in [-0.4, -0.2) is 49.8 Å². The molecule has 0 spiro atoms. The summed E-state index contributed by atoms with van der Waals surface area (Å²) in [6.07, 6.45) is 1.19. The van der Waals surface area contributed by atoms with Crippen LogP contribution in [0.25, 0.3) is 0 Å². The molecule has 0 saturated heterocycles. The van der Waals surface area contributed by atoms with Gasteiger partial charge in [0.05, 0.1) is 6.61 Å². The molecule has 0 heterocycles. The second kappa shape index (κ2) is 8.97. The predicted molar refractivity (Wildman–Crippen MR) is 70.9 cm³/mol. The first-order valence-electron chi connectivity index (χ1n) is 6.56. The van der Waals surface area contributed by atoms with Crippen LogP contribution in [-0.2, 0) is 4.74 Å². The van der Waals surface area contributed by atoms with Crippen molar-refractivity contribution in [3.05, 3.63) is 0 Å². The van der Waals surface area contributed by atoms with Crippen molar-refractivity contribution in [1.29, 1.82) is 0 Å². The quantitative estimate of drug-likeness (QED) is 0.656. The maximum absolute atomic E-state index is 5.19. The zero-order chi connectivity index (χ0) is 12.6. The first-order chi connectivity index (χ1) is 7.58. The lowest BCUT2D eigenvalue weighted by Crippen LogP contribution is -2.51. The molecule has 0 bridgehead atoms.